The molecule has 0 fully saturated rings. The SMILES string of the molecule is CC(C)Oc1ccc2c(O)c(C(=O)NC(CO)C(=O)O)nc(Cl)c2c1. The van der Waals surface area contributed by atoms with Gasteiger partial charge in [0.2, 0.25) is 0 Å². The van der Waals surface area contributed by atoms with E-state index < -0.39 is 36.0 Å². The molecule has 0 aliphatic rings. The zero-order valence-corrected chi connectivity index (χ0v) is 14.2. The number of amides is 1. The summed E-state index contributed by atoms with van der Waals surface area (Å²) in [6, 6.07) is 3.19. The van der Waals surface area contributed by atoms with Crippen LogP contribution in [0, 0.1) is 0 Å². The molecule has 2 aromatic rings. The minimum absolute atomic E-state index is 0.0528. The van der Waals surface area contributed by atoms with Crippen LogP contribution >= 0.6 is 11.6 Å². The first kappa shape index (κ1) is 18.8. The smallest absolute Gasteiger partial charge is 0.328 e. The summed E-state index contributed by atoms with van der Waals surface area (Å²) in [5.41, 5.74) is -0.435. The number of rotatable bonds is 6. The van der Waals surface area contributed by atoms with E-state index >= 15 is 0 Å². The van der Waals surface area contributed by atoms with E-state index in [0.29, 0.717) is 11.1 Å². The van der Waals surface area contributed by atoms with Gasteiger partial charge in [-0.05, 0) is 32.0 Å². The van der Waals surface area contributed by atoms with Crippen LogP contribution in [0.3, 0.4) is 0 Å². The molecule has 8 nitrogen and oxygen atoms in total. The maximum atomic E-state index is 12.2. The zero-order chi connectivity index (χ0) is 18.7. The molecule has 1 aromatic carbocycles. The first-order valence-corrected chi connectivity index (χ1v) is 7.75. The highest BCUT2D eigenvalue weighted by Gasteiger charge is 2.24. The third-order valence-electron chi connectivity index (χ3n) is 3.28. The van der Waals surface area contributed by atoms with E-state index in [1.165, 1.54) is 6.07 Å². The van der Waals surface area contributed by atoms with Gasteiger partial charge in [0.15, 0.2) is 17.5 Å². The molecule has 1 amide bonds. The Morgan fingerprint density at radius 1 is 1.32 bits per heavy atom. The molecule has 9 heteroatoms. The maximum Gasteiger partial charge on any atom is 0.328 e. The second kappa shape index (κ2) is 7.54. The Balaban J connectivity index is 2.44. The molecule has 25 heavy (non-hydrogen) atoms. The van der Waals surface area contributed by atoms with Crippen molar-refractivity contribution in [1.29, 1.82) is 0 Å². The van der Waals surface area contributed by atoms with Gasteiger partial charge in [0.1, 0.15) is 10.9 Å². The van der Waals surface area contributed by atoms with Crippen molar-refractivity contribution in [3.63, 3.8) is 0 Å². The number of nitrogens with zero attached hydrogens (tertiary/aromatic N) is 1. The molecule has 134 valence electrons. The summed E-state index contributed by atoms with van der Waals surface area (Å²) in [4.78, 5) is 26.9. The number of aliphatic hydroxyl groups is 1. The number of nitrogens with one attached hydrogen (secondary N) is 1. The molecule has 1 aromatic heterocycles. The van der Waals surface area contributed by atoms with Gasteiger partial charge in [0, 0.05) is 10.8 Å². The number of hydrogen-bond acceptors (Lipinski definition) is 6. The Labute approximate surface area is 148 Å². The summed E-state index contributed by atoms with van der Waals surface area (Å²) < 4.78 is 5.55. The molecule has 1 unspecified atom stereocenters. The van der Waals surface area contributed by atoms with Gasteiger partial charge in [-0.15, -0.1) is 0 Å². The summed E-state index contributed by atoms with van der Waals surface area (Å²) in [6.45, 7) is 2.91. The largest absolute Gasteiger partial charge is 0.505 e. The number of aliphatic carboxylic acids is 1. The average molecular weight is 369 g/mol. The number of fused-ring (bicyclic) bond motifs is 1. The number of hydrogen-bond donors (Lipinski definition) is 4. The minimum atomic E-state index is -1.52. The van der Waals surface area contributed by atoms with Crippen LogP contribution < -0.4 is 10.1 Å². The summed E-state index contributed by atoms with van der Waals surface area (Å²) in [5, 5.41) is 30.8. The lowest BCUT2D eigenvalue weighted by Gasteiger charge is -2.14. The van der Waals surface area contributed by atoms with Gasteiger partial charge in [-0.3, -0.25) is 4.79 Å². The fraction of sp³-hybridized carbons (Fsp3) is 0.312. The zero-order valence-electron chi connectivity index (χ0n) is 13.5. The Hall–Kier alpha value is -2.58. The lowest BCUT2D eigenvalue weighted by atomic mass is 10.1. The molecule has 1 heterocycles. The second-order valence-corrected chi connectivity index (χ2v) is 5.88. The highest BCUT2D eigenvalue weighted by atomic mass is 35.5. The number of aliphatic hydroxyl groups excluding tert-OH is 1. The van der Waals surface area contributed by atoms with Gasteiger partial charge in [-0.25, -0.2) is 9.78 Å². The maximum absolute atomic E-state index is 12.2. The number of carbonyl (C=O) groups excluding carboxylic acids is 1. The average Bonchev–Trinajstić information content (AvgIpc) is 2.54. The van der Waals surface area contributed by atoms with Crippen molar-refractivity contribution in [3.8, 4) is 11.5 Å². The topological polar surface area (TPSA) is 129 Å². The van der Waals surface area contributed by atoms with Crippen molar-refractivity contribution in [2.45, 2.75) is 26.0 Å². The van der Waals surface area contributed by atoms with Crippen molar-refractivity contribution in [2.24, 2.45) is 0 Å². The molecule has 0 radical (unpaired) electrons. The molecule has 0 saturated carbocycles. The minimum Gasteiger partial charge on any atom is -0.505 e. The van der Waals surface area contributed by atoms with E-state index in [1.807, 2.05) is 13.8 Å². The summed E-state index contributed by atoms with van der Waals surface area (Å²) >= 11 is 6.10. The molecule has 0 bridgehead atoms. The Bertz CT molecular complexity index is 824. The van der Waals surface area contributed by atoms with Gasteiger partial charge in [-0.2, -0.15) is 0 Å². The Kier molecular flexibility index (Phi) is 5.66. The number of carboxylic acids is 1. The molecule has 0 saturated heterocycles. The van der Waals surface area contributed by atoms with Crippen LogP contribution in [0.25, 0.3) is 10.8 Å². The summed E-state index contributed by atoms with van der Waals surface area (Å²) in [7, 11) is 0. The standard InChI is InChI=1S/C16H17ClN2O6/c1-7(2)25-8-3-4-9-10(5-8)14(17)19-12(13(9)21)15(22)18-11(6-20)16(23)24/h3-5,7,11,20-21H,6H2,1-2H3,(H,18,22)(H,23,24). The van der Waals surface area contributed by atoms with E-state index in [1.54, 1.807) is 12.1 Å². The van der Waals surface area contributed by atoms with Gasteiger partial charge in [-0.1, -0.05) is 11.6 Å². The first-order chi connectivity index (χ1) is 11.7. The van der Waals surface area contributed by atoms with Crippen molar-refractivity contribution < 1.29 is 29.6 Å². The normalized spacial score (nSPS) is 12.2. The van der Waals surface area contributed by atoms with Crippen LogP contribution in [-0.2, 0) is 4.79 Å². The Morgan fingerprint density at radius 2 is 2.00 bits per heavy atom. The highest BCUT2D eigenvalue weighted by Crippen LogP contribution is 2.34. The van der Waals surface area contributed by atoms with Crippen LogP contribution in [0.4, 0.5) is 0 Å². The third kappa shape index (κ3) is 4.09. The molecule has 2 rings (SSSR count). The van der Waals surface area contributed by atoms with Gasteiger partial charge >= 0.3 is 5.97 Å². The number of carboxylic acid groups (broad SMARTS) is 1. The molecule has 4 N–H and O–H groups in total. The van der Waals surface area contributed by atoms with Gasteiger partial charge < -0.3 is 25.4 Å². The number of pyridine rings is 1. The van der Waals surface area contributed by atoms with E-state index in [9.17, 15) is 14.7 Å². The van der Waals surface area contributed by atoms with Crippen molar-refractivity contribution in [3.05, 3.63) is 29.0 Å². The second-order valence-electron chi connectivity index (χ2n) is 5.52. The highest BCUT2D eigenvalue weighted by molar-refractivity contribution is 6.35. The van der Waals surface area contributed by atoms with Gasteiger partial charge in [0.25, 0.3) is 5.91 Å². The van der Waals surface area contributed by atoms with E-state index in [-0.39, 0.29) is 16.6 Å². The van der Waals surface area contributed by atoms with E-state index in [0.717, 1.165) is 0 Å². The van der Waals surface area contributed by atoms with Crippen molar-refractivity contribution in [1.82, 2.24) is 10.3 Å². The predicted octanol–water partition coefficient (Wildman–Crippen LogP) is 1.56. The monoisotopic (exact) mass is 368 g/mol. The third-order valence-corrected chi connectivity index (χ3v) is 3.56. The number of ether oxygens (including phenoxy) is 1. The van der Waals surface area contributed by atoms with Crippen LogP contribution in [-0.4, -0.2) is 50.9 Å². The van der Waals surface area contributed by atoms with Crippen LogP contribution in [0.2, 0.25) is 5.15 Å². The van der Waals surface area contributed by atoms with E-state index in [4.69, 9.17) is 26.6 Å². The predicted molar refractivity (Wildman–Crippen MR) is 90.2 cm³/mol. The van der Waals surface area contributed by atoms with Crippen molar-refractivity contribution in [2.75, 3.05) is 6.61 Å². The first-order valence-electron chi connectivity index (χ1n) is 7.38. The van der Waals surface area contributed by atoms with Crippen LogP contribution in [0.1, 0.15) is 24.3 Å². The molecular weight excluding hydrogens is 352 g/mol. The molecule has 0 aliphatic carbocycles. The molecule has 1 atom stereocenters. The number of carbonyl (C=O) groups is 2. The molecule has 0 spiro atoms. The number of aromatic nitrogens is 1. The van der Waals surface area contributed by atoms with E-state index in [2.05, 4.69) is 10.3 Å². The van der Waals surface area contributed by atoms with Crippen LogP contribution in [0.5, 0.6) is 11.5 Å². The quantitative estimate of drug-likeness (QED) is 0.569. The van der Waals surface area contributed by atoms with Crippen molar-refractivity contribution >= 4 is 34.2 Å². The number of benzene rings is 1. The fourth-order valence-electron chi connectivity index (χ4n) is 2.16. The summed E-state index contributed by atoms with van der Waals surface area (Å²) in [6.07, 6.45) is -0.0609. The number of halogens is 1. The van der Waals surface area contributed by atoms with Crippen LogP contribution in [0.15, 0.2) is 18.2 Å². The lowest BCUT2D eigenvalue weighted by Crippen LogP contribution is -2.43. The molecule has 0 aliphatic heterocycles. The Morgan fingerprint density at radius 3 is 2.56 bits per heavy atom. The van der Waals surface area contributed by atoms with Gasteiger partial charge in [0.05, 0.1) is 12.7 Å². The summed E-state index contributed by atoms with van der Waals surface area (Å²) in [5.74, 6) is -2.31. The molecular formula is C16H17ClN2O6. The number of aromatic hydroxyl groups is 1. The lowest BCUT2D eigenvalue weighted by molar-refractivity contribution is -0.140. The fourth-order valence-corrected chi connectivity index (χ4v) is 2.40.